The number of nitrogens with one attached hydrogen (secondary N) is 1. The van der Waals surface area contributed by atoms with E-state index in [4.69, 9.17) is 4.74 Å². The van der Waals surface area contributed by atoms with Crippen molar-refractivity contribution in [1.82, 2.24) is 10.2 Å². The van der Waals surface area contributed by atoms with Crippen molar-refractivity contribution in [3.05, 3.63) is 29.8 Å². The van der Waals surface area contributed by atoms with Gasteiger partial charge in [0.1, 0.15) is 5.75 Å². The number of carbonyl (C=O) groups is 1. The summed E-state index contributed by atoms with van der Waals surface area (Å²) in [5.74, 6) is 0.822. The largest absolute Gasteiger partial charge is 0.497 e. The zero-order chi connectivity index (χ0) is 14.2. The van der Waals surface area contributed by atoms with Crippen LogP contribution in [0, 0.1) is 0 Å². The van der Waals surface area contributed by atoms with Gasteiger partial charge >= 0.3 is 6.03 Å². The number of likely N-dealkylation sites (tertiary alicyclic amines) is 1. The number of methoxy groups -OCH3 is 1. The van der Waals surface area contributed by atoms with Gasteiger partial charge in [-0.25, -0.2) is 4.79 Å². The molecule has 0 saturated carbocycles. The zero-order valence-corrected chi connectivity index (χ0v) is 12.2. The quantitative estimate of drug-likeness (QED) is 0.921. The molecule has 2 amide bonds. The Balaban J connectivity index is 1.83. The predicted molar refractivity (Wildman–Crippen MR) is 79.9 cm³/mol. The molecule has 1 saturated heterocycles. The van der Waals surface area contributed by atoms with Gasteiger partial charge in [-0.15, -0.1) is 0 Å². The summed E-state index contributed by atoms with van der Waals surface area (Å²) in [6.45, 7) is 2.31. The Morgan fingerprint density at radius 1 is 1.20 bits per heavy atom. The van der Waals surface area contributed by atoms with Crippen LogP contribution in [0.15, 0.2) is 24.3 Å². The van der Waals surface area contributed by atoms with Crippen LogP contribution in [0.1, 0.15) is 37.7 Å². The van der Waals surface area contributed by atoms with Crippen molar-refractivity contribution in [1.29, 1.82) is 0 Å². The van der Waals surface area contributed by atoms with Gasteiger partial charge in [0.2, 0.25) is 0 Å². The van der Waals surface area contributed by atoms with Crippen LogP contribution < -0.4 is 10.1 Å². The number of nitrogens with zero attached hydrogens (tertiary/aromatic N) is 1. The van der Waals surface area contributed by atoms with Crippen molar-refractivity contribution in [2.24, 2.45) is 0 Å². The molecule has 0 aliphatic carbocycles. The summed E-state index contributed by atoms with van der Waals surface area (Å²) in [5, 5.41) is 3.00. The number of ether oxygens (including phenoxy) is 1. The molecule has 0 unspecified atom stereocenters. The third-order valence-electron chi connectivity index (χ3n) is 3.72. The van der Waals surface area contributed by atoms with Crippen molar-refractivity contribution in [2.45, 2.75) is 38.6 Å². The maximum Gasteiger partial charge on any atom is 0.317 e. The lowest BCUT2D eigenvalue weighted by molar-refractivity contribution is 0.192. The van der Waals surface area contributed by atoms with Crippen LogP contribution in [0.4, 0.5) is 4.79 Å². The third-order valence-corrected chi connectivity index (χ3v) is 3.72. The van der Waals surface area contributed by atoms with Gasteiger partial charge in [0.15, 0.2) is 0 Å². The van der Waals surface area contributed by atoms with E-state index < -0.39 is 0 Å². The Hall–Kier alpha value is -1.71. The molecule has 1 N–H and O–H groups in total. The van der Waals surface area contributed by atoms with Crippen molar-refractivity contribution in [3.63, 3.8) is 0 Å². The third kappa shape index (κ3) is 4.44. The van der Waals surface area contributed by atoms with Gasteiger partial charge in [-0.05, 0) is 30.5 Å². The van der Waals surface area contributed by atoms with Crippen molar-refractivity contribution in [2.75, 3.05) is 20.2 Å². The predicted octanol–water partition coefficient (Wildman–Crippen LogP) is 3.17. The minimum absolute atomic E-state index is 0.0507. The summed E-state index contributed by atoms with van der Waals surface area (Å²) in [4.78, 5) is 14.1. The van der Waals surface area contributed by atoms with Crippen LogP contribution in [0.3, 0.4) is 0 Å². The first-order valence-electron chi connectivity index (χ1n) is 7.45. The topological polar surface area (TPSA) is 41.6 Å². The van der Waals surface area contributed by atoms with E-state index in [1.165, 1.54) is 19.3 Å². The lowest BCUT2D eigenvalue weighted by Crippen LogP contribution is -2.41. The summed E-state index contributed by atoms with van der Waals surface area (Å²) in [6, 6.07) is 7.85. The molecule has 1 heterocycles. The Kier molecular flexibility index (Phi) is 5.71. The van der Waals surface area contributed by atoms with Gasteiger partial charge in [0.25, 0.3) is 0 Å². The number of amides is 2. The van der Waals surface area contributed by atoms with Crippen molar-refractivity contribution < 1.29 is 9.53 Å². The van der Waals surface area contributed by atoms with Gasteiger partial charge in [0, 0.05) is 19.6 Å². The molecule has 20 heavy (non-hydrogen) atoms. The van der Waals surface area contributed by atoms with Gasteiger partial charge in [-0.3, -0.25) is 0 Å². The van der Waals surface area contributed by atoms with E-state index in [9.17, 15) is 4.79 Å². The second kappa shape index (κ2) is 7.78. The number of hydrogen-bond donors (Lipinski definition) is 1. The normalized spacial score (nSPS) is 16.1. The first-order chi connectivity index (χ1) is 9.79. The first kappa shape index (κ1) is 14.7. The van der Waals surface area contributed by atoms with Crippen LogP contribution >= 0.6 is 0 Å². The summed E-state index contributed by atoms with van der Waals surface area (Å²) in [6.07, 6.45) is 6.01. The van der Waals surface area contributed by atoms with Crippen molar-refractivity contribution in [3.8, 4) is 5.75 Å². The smallest absolute Gasteiger partial charge is 0.317 e. The molecule has 0 atom stereocenters. The Morgan fingerprint density at radius 2 is 1.90 bits per heavy atom. The van der Waals surface area contributed by atoms with E-state index in [0.29, 0.717) is 6.54 Å². The lowest BCUT2D eigenvalue weighted by atomic mass is 10.1. The van der Waals surface area contributed by atoms with Crippen LogP contribution in [-0.4, -0.2) is 31.1 Å². The molecule has 110 valence electrons. The highest BCUT2D eigenvalue weighted by molar-refractivity contribution is 5.74. The molecular weight excluding hydrogens is 252 g/mol. The number of benzene rings is 1. The van der Waals surface area contributed by atoms with Gasteiger partial charge in [-0.1, -0.05) is 31.4 Å². The van der Waals surface area contributed by atoms with Crippen LogP contribution in [0.2, 0.25) is 0 Å². The highest BCUT2D eigenvalue weighted by Crippen LogP contribution is 2.13. The monoisotopic (exact) mass is 276 g/mol. The SMILES string of the molecule is COc1cccc(CNC(=O)N2CCCCCCC2)c1. The zero-order valence-electron chi connectivity index (χ0n) is 12.2. The average molecular weight is 276 g/mol. The Labute approximate surface area is 121 Å². The molecule has 2 rings (SSSR count). The fourth-order valence-electron chi connectivity index (χ4n) is 2.52. The molecule has 4 heteroatoms. The summed E-state index contributed by atoms with van der Waals surface area (Å²) in [7, 11) is 1.65. The van der Waals surface area contributed by atoms with Crippen LogP contribution in [-0.2, 0) is 6.54 Å². The Bertz CT molecular complexity index is 426. The molecule has 0 spiro atoms. The molecule has 0 aromatic heterocycles. The van der Waals surface area contributed by atoms with E-state index in [1.807, 2.05) is 29.2 Å². The molecule has 1 aromatic carbocycles. The highest BCUT2D eigenvalue weighted by atomic mass is 16.5. The van der Waals surface area contributed by atoms with E-state index in [1.54, 1.807) is 7.11 Å². The average Bonchev–Trinajstić information content (AvgIpc) is 2.44. The van der Waals surface area contributed by atoms with Crippen molar-refractivity contribution >= 4 is 6.03 Å². The first-order valence-corrected chi connectivity index (χ1v) is 7.45. The molecule has 1 aromatic rings. The maximum atomic E-state index is 12.2. The second-order valence-electron chi connectivity index (χ2n) is 5.27. The molecule has 4 nitrogen and oxygen atoms in total. The van der Waals surface area contributed by atoms with Gasteiger partial charge < -0.3 is 15.0 Å². The van der Waals surface area contributed by atoms with E-state index in [0.717, 1.165) is 37.2 Å². The fourth-order valence-corrected chi connectivity index (χ4v) is 2.52. The van der Waals surface area contributed by atoms with E-state index in [2.05, 4.69) is 5.32 Å². The van der Waals surface area contributed by atoms with Gasteiger partial charge in [-0.2, -0.15) is 0 Å². The van der Waals surface area contributed by atoms with E-state index in [-0.39, 0.29) is 6.03 Å². The standard InChI is InChI=1S/C16H24N2O2/c1-20-15-9-7-8-14(12-15)13-17-16(19)18-10-5-3-2-4-6-11-18/h7-9,12H,2-6,10-11,13H2,1H3,(H,17,19). The maximum absolute atomic E-state index is 12.2. The van der Waals surface area contributed by atoms with Crippen LogP contribution in [0.25, 0.3) is 0 Å². The fraction of sp³-hybridized carbons (Fsp3) is 0.562. The van der Waals surface area contributed by atoms with E-state index >= 15 is 0 Å². The van der Waals surface area contributed by atoms with Crippen LogP contribution in [0.5, 0.6) is 5.75 Å². The second-order valence-corrected chi connectivity index (χ2v) is 5.27. The summed E-state index contributed by atoms with van der Waals surface area (Å²) >= 11 is 0. The number of carbonyl (C=O) groups excluding carboxylic acids is 1. The minimum Gasteiger partial charge on any atom is -0.497 e. The van der Waals surface area contributed by atoms with Gasteiger partial charge in [0.05, 0.1) is 7.11 Å². The summed E-state index contributed by atoms with van der Waals surface area (Å²) in [5.41, 5.74) is 1.06. The highest BCUT2D eigenvalue weighted by Gasteiger charge is 2.14. The lowest BCUT2D eigenvalue weighted by Gasteiger charge is -2.25. The number of rotatable bonds is 3. The number of urea groups is 1. The molecule has 1 aliphatic rings. The molecule has 1 fully saturated rings. The molecular formula is C16H24N2O2. The summed E-state index contributed by atoms with van der Waals surface area (Å²) < 4.78 is 5.19. The number of hydrogen-bond acceptors (Lipinski definition) is 2. The Morgan fingerprint density at radius 3 is 2.60 bits per heavy atom. The molecule has 0 bridgehead atoms. The molecule has 1 aliphatic heterocycles. The minimum atomic E-state index is 0.0507. The molecule has 0 radical (unpaired) electrons.